The third-order valence-electron chi connectivity index (χ3n) is 8.05. The van der Waals surface area contributed by atoms with Crippen molar-refractivity contribution in [2.75, 3.05) is 7.11 Å². The van der Waals surface area contributed by atoms with Gasteiger partial charge in [0.1, 0.15) is 0 Å². The van der Waals surface area contributed by atoms with Gasteiger partial charge < -0.3 is 4.74 Å². The van der Waals surface area contributed by atoms with Gasteiger partial charge in [-0.3, -0.25) is 0 Å². The molecule has 0 unspecified atom stereocenters. The highest BCUT2D eigenvalue weighted by molar-refractivity contribution is 7.68. The average Bonchev–Trinajstić information content (AvgIpc) is 3.08. The first kappa shape index (κ1) is 30.6. The fourth-order valence-electron chi connectivity index (χ4n) is 5.95. The minimum Gasteiger partial charge on any atom is -0.464 e. The maximum Gasteiger partial charge on any atom is 0.488 e. The molecule has 0 radical (unpaired) electrons. The third kappa shape index (κ3) is 6.42. The summed E-state index contributed by atoms with van der Waals surface area (Å²) in [7, 11) is 1.29. The van der Waals surface area contributed by atoms with Crippen LogP contribution in [0, 0.1) is 0 Å². The van der Waals surface area contributed by atoms with Gasteiger partial charge >= 0.3 is 22.4 Å². The zero-order valence-corrected chi connectivity index (χ0v) is 25.1. The zero-order chi connectivity index (χ0) is 29.7. The zero-order valence-electron chi connectivity index (χ0n) is 24.3. The Morgan fingerprint density at radius 2 is 0.952 bits per heavy atom. The van der Waals surface area contributed by atoms with Gasteiger partial charge in [0.25, 0.3) is 0 Å². The Morgan fingerprint density at radius 3 is 1.24 bits per heavy atom. The van der Waals surface area contributed by atoms with E-state index < -0.39 is 16.9 Å². The first-order valence-corrected chi connectivity index (χ1v) is 15.2. The van der Waals surface area contributed by atoms with Crippen LogP contribution in [0.3, 0.4) is 0 Å². The van der Waals surface area contributed by atoms with Gasteiger partial charge in [0.15, 0.2) is 0 Å². The number of carbonyl (C=O) groups is 1. The van der Waals surface area contributed by atoms with E-state index in [0.717, 1.165) is 0 Å². The number of benzene rings is 5. The molecule has 212 valence electrons. The summed E-state index contributed by atoms with van der Waals surface area (Å²) in [5, 5.41) is 0. The van der Waals surface area contributed by atoms with Crippen molar-refractivity contribution < 1.29 is 13.7 Å². The number of methoxy groups -OCH3 is 1. The molecule has 0 aliphatic rings. The van der Waals surface area contributed by atoms with Crippen LogP contribution in [0.5, 0.6) is 0 Å². The third-order valence-corrected chi connectivity index (χ3v) is 8.94. The highest BCUT2D eigenvalue weighted by Gasteiger charge is 2.57. The molecular formula is C37H37BO3S. The van der Waals surface area contributed by atoms with Crippen LogP contribution in [0.1, 0.15) is 30.9 Å². The highest BCUT2D eigenvalue weighted by Crippen LogP contribution is 2.33. The van der Waals surface area contributed by atoms with Gasteiger partial charge in [0.05, 0.1) is 13.3 Å². The molecular weight excluding hydrogens is 535 g/mol. The molecule has 5 aromatic carbocycles. The van der Waals surface area contributed by atoms with Crippen molar-refractivity contribution in [2.45, 2.75) is 30.8 Å². The van der Waals surface area contributed by atoms with Gasteiger partial charge in [-0.05, 0) is 0 Å². The number of carbonyl (C=O) groups excluding carboxylic acids is 1. The maximum atomic E-state index is 12.2. The lowest BCUT2D eigenvalue weighted by molar-refractivity contribution is -0.142. The normalized spacial score (nSPS) is 11.1. The van der Waals surface area contributed by atoms with E-state index in [9.17, 15) is 9.00 Å². The van der Waals surface area contributed by atoms with E-state index in [1.165, 1.54) is 42.7 Å². The molecule has 42 heavy (non-hydrogen) atoms. The molecule has 0 bridgehead atoms. The van der Waals surface area contributed by atoms with Crippen molar-refractivity contribution in [3.05, 3.63) is 163 Å². The molecule has 0 aliphatic carbocycles. The lowest BCUT2D eigenvalue weighted by Crippen LogP contribution is -2.66. The van der Waals surface area contributed by atoms with Gasteiger partial charge in [-0.1, -0.05) is 171 Å². The number of hydrogen-bond acceptors (Lipinski definition) is 3. The van der Waals surface area contributed by atoms with Crippen LogP contribution in [0.25, 0.3) is 0 Å². The summed E-state index contributed by atoms with van der Waals surface area (Å²) in [6.45, 7) is 2.28. The van der Waals surface area contributed by atoms with E-state index >= 15 is 0 Å². The van der Waals surface area contributed by atoms with E-state index in [0.29, 0.717) is 11.1 Å². The first-order chi connectivity index (χ1) is 20.6. The molecule has 0 aromatic heterocycles. The number of hydrogen-bond donors (Lipinski definition) is 0. The summed E-state index contributed by atoms with van der Waals surface area (Å²) >= 11 is 0.232. The standard InChI is InChI=1S/C22H24B.C15H13O3S/c1-2-3-19-23(20-13-7-4-8-14-20,21-15-9-5-10-16-21)22-17-11-6-12-18-22;1-18-14(16)15(19-17,12-8-4-2-5-9-12)13-10-6-3-7-11-13/h4-18H,2-3,19H2,1H3;2-11H,1H3/q-1;+1. The Bertz CT molecular complexity index is 1380. The molecule has 3 nitrogen and oxygen atoms in total. The molecule has 0 amide bonds. The van der Waals surface area contributed by atoms with E-state index in [1.54, 1.807) is 48.5 Å². The van der Waals surface area contributed by atoms with Crippen molar-refractivity contribution in [2.24, 2.45) is 0 Å². The summed E-state index contributed by atoms with van der Waals surface area (Å²) in [4.78, 5) is 12.2. The summed E-state index contributed by atoms with van der Waals surface area (Å²) in [6.07, 6.45) is 2.73. The Labute approximate surface area is 254 Å². The van der Waals surface area contributed by atoms with E-state index in [2.05, 4.69) is 97.9 Å². The minimum atomic E-state index is -1.36. The van der Waals surface area contributed by atoms with Gasteiger partial charge in [-0.25, -0.2) is 4.79 Å². The second-order valence-corrected chi connectivity index (χ2v) is 11.2. The Balaban J connectivity index is 0.000000197. The first-order valence-electron chi connectivity index (χ1n) is 14.5. The predicted molar refractivity (Wildman–Crippen MR) is 177 cm³/mol. The van der Waals surface area contributed by atoms with Crippen LogP contribution < -0.4 is 16.4 Å². The highest BCUT2D eigenvalue weighted by atomic mass is 32.1. The molecule has 0 saturated carbocycles. The lowest BCUT2D eigenvalue weighted by atomic mass is 9.14. The van der Waals surface area contributed by atoms with Crippen LogP contribution >= 0.6 is 0 Å². The maximum absolute atomic E-state index is 12.2. The fourth-order valence-corrected chi connectivity index (χ4v) is 6.57. The Hall–Kier alpha value is -4.35. The van der Waals surface area contributed by atoms with Gasteiger partial charge in [-0.15, -0.1) is 0 Å². The number of rotatable bonds is 10. The smallest absolute Gasteiger partial charge is 0.464 e. The van der Waals surface area contributed by atoms with Crippen LogP contribution in [-0.2, 0) is 30.2 Å². The molecule has 0 atom stereocenters. The average molecular weight is 573 g/mol. The summed E-state index contributed by atoms with van der Waals surface area (Å²) < 4.78 is 15.3. The number of esters is 1. The van der Waals surface area contributed by atoms with Gasteiger partial charge in [-0.2, -0.15) is 22.7 Å². The molecule has 5 rings (SSSR count). The second-order valence-electron chi connectivity index (χ2n) is 10.4. The second kappa shape index (κ2) is 15.0. The molecule has 0 aliphatic heterocycles. The number of unbranched alkanes of at least 4 members (excludes halogenated alkanes) is 1. The van der Waals surface area contributed by atoms with Crippen molar-refractivity contribution >= 4 is 40.2 Å². The SMILES string of the molecule is CCCC[B-](c1ccccc1)(c1ccccc1)c1ccccc1.COC(=O)C([S+]=O)(c1ccccc1)c1ccccc1. The van der Waals surface area contributed by atoms with Crippen molar-refractivity contribution in [3.8, 4) is 0 Å². The van der Waals surface area contributed by atoms with Crippen LogP contribution in [0.4, 0.5) is 0 Å². The van der Waals surface area contributed by atoms with Crippen LogP contribution in [-0.4, -0.2) is 19.2 Å². The minimum absolute atomic E-state index is 0.232. The molecule has 0 spiro atoms. The van der Waals surface area contributed by atoms with E-state index in [4.69, 9.17) is 4.74 Å². The fraction of sp³-hybridized carbons (Fsp3) is 0.162. The monoisotopic (exact) mass is 572 g/mol. The molecule has 5 heteroatoms. The van der Waals surface area contributed by atoms with Gasteiger partial charge in [0.2, 0.25) is 0 Å². The molecule has 0 N–H and O–H groups in total. The van der Waals surface area contributed by atoms with E-state index in [1.807, 2.05) is 12.1 Å². The largest absolute Gasteiger partial charge is 0.488 e. The topological polar surface area (TPSA) is 43.4 Å². The van der Waals surface area contributed by atoms with Gasteiger partial charge in [0, 0.05) is 15.3 Å². The van der Waals surface area contributed by atoms with E-state index in [-0.39, 0.29) is 11.7 Å². The molecule has 0 fully saturated rings. The Morgan fingerprint density at radius 1 is 0.619 bits per heavy atom. The Kier molecular flexibility index (Phi) is 11.0. The van der Waals surface area contributed by atoms with Crippen molar-refractivity contribution in [3.63, 3.8) is 0 Å². The predicted octanol–water partition coefficient (Wildman–Crippen LogP) is 6.49. The van der Waals surface area contributed by atoms with Crippen molar-refractivity contribution in [1.29, 1.82) is 0 Å². The van der Waals surface area contributed by atoms with Crippen LogP contribution in [0.2, 0.25) is 6.32 Å². The summed E-state index contributed by atoms with van der Waals surface area (Å²) in [5.74, 6) is -0.565. The number of ether oxygens (including phenoxy) is 1. The van der Waals surface area contributed by atoms with Crippen molar-refractivity contribution in [1.82, 2.24) is 0 Å². The molecule has 5 aromatic rings. The van der Waals surface area contributed by atoms with Crippen LogP contribution in [0.15, 0.2) is 152 Å². The molecule has 0 saturated heterocycles. The summed E-state index contributed by atoms with van der Waals surface area (Å²) in [6, 6.07) is 51.1. The lowest BCUT2D eigenvalue weighted by Gasteiger charge is -2.43. The quantitative estimate of drug-likeness (QED) is 0.109. The summed E-state index contributed by atoms with van der Waals surface area (Å²) in [5.41, 5.74) is 5.57. The molecule has 0 heterocycles.